The molecule has 2 aromatic heterocycles. The molecule has 0 spiro atoms. The first-order valence-electron chi connectivity index (χ1n) is 11.4. The van der Waals surface area contributed by atoms with Gasteiger partial charge in [-0.1, -0.05) is 12.1 Å². The van der Waals surface area contributed by atoms with Crippen LogP contribution in [-0.2, 0) is 0 Å². The van der Waals surface area contributed by atoms with Gasteiger partial charge in [0.15, 0.2) is 0 Å². The molecule has 5 rings (SSSR count). The van der Waals surface area contributed by atoms with Crippen molar-refractivity contribution in [2.45, 2.75) is 0 Å². The molecule has 4 heterocycles. The second-order valence-corrected chi connectivity index (χ2v) is 8.20. The average molecular weight is 459 g/mol. The number of carbonyl (C=O) groups excluding carboxylic acids is 2. The molecule has 2 aliphatic rings. The average Bonchev–Trinajstić information content (AvgIpc) is 2.93. The first-order valence-corrected chi connectivity index (χ1v) is 11.4. The molecule has 2 aliphatic heterocycles. The summed E-state index contributed by atoms with van der Waals surface area (Å²) in [4.78, 5) is 51.6. The Balaban J connectivity index is 1.24. The van der Waals surface area contributed by atoms with Crippen molar-refractivity contribution in [2.24, 2.45) is 0 Å². The topological polar surface area (TPSA) is 98.7 Å². The Kier molecular flexibility index (Phi) is 6.28. The third-order valence-electron chi connectivity index (χ3n) is 6.19. The fourth-order valence-corrected chi connectivity index (χ4v) is 4.32. The number of hydrogen-bond donors (Lipinski definition) is 0. The number of anilines is 2. The number of hydrogen-bond acceptors (Lipinski definition) is 8. The molecule has 34 heavy (non-hydrogen) atoms. The molecule has 1 aromatic carbocycles. The predicted octanol–water partition coefficient (Wildman–Crippen LogP) is 1.19. The summed E-state index contributed by atoms with van der Waals surface area (Å²) in [5, 5.41) is 0. The van der Waals surface area contributed by atoms with E-state index in [1.165, 1.54) is 0 Å². The third kappa shape index (κ3) is 4.52. The summed E-state index contributed by atoms with van der Waals surface area (Å²) < 4.78 is 0. The van der Waals surface area contributed by atoms with E-state index in [4.69, 9.17) is 0 Å². The van der Waals surface area contributed by atoms with Crippen LogP contribution in [0.25, 0.3) is 0 Å². The number of nitrogens with zero attached hydrogens (tertiary/aromatic N) is 8. The minimum atomic E-state index is -0.117. The van der Waals surface area contributed by atoms with E-state index in [9.17, 15) is 9.59 Å². The van der Waals surface area contributed by atoms with Crippen LogP contribution < -0.4 is 9.80 Å². The Morgan fingerprint density at radius 1 is 0.529 bits per heavy atom. The van der Waals surface area contributed by atoms with E-state index < -0.39 is 0 Å². The lowest BCUT2D eigenvalue weighted by atomic mass is 10.0. The molecular formula is C24H26N8O2. The number of carbonyl (C=O) groups is 2. The summed E-state index contributed by atoms with van der Waals surface area (Å²) in [5.74, 6) is 1.11. The molecule has 2 saturated heterocycles. The van der Waals surface area contributed by atoms with Crippen LogP contribution in [-0.4, -0.2) is 93.9 Å². The summed E-state index contributed by atoms with van der Waals surface area (Å²) in [7, 11) is 0. The zero-order chi connectivity index (χ0) is 23.3. The first-order chi connectivity index (χ1) is 16.7. The maximum absolute atomic E-state index is 13.4. The molecule has 0 radical (unpaired) electrons. The molecule has 174 valence electrons. The highest BCUT2D eigenvalue weighted by Crippen LogP contribution is 2.19. The summed E-state index contributed by atoms with van der Waals surface area (Å²) in [6.07, 6.45) is 6.87. The minimum absolute atomic E-state index is 0.117. The Morgan fingerprint density at radius 2 is 0.882 bits per heavy atom. The molecule has 0 N–H and O–H groups in total. The van der Waals surface area contributed by atoms with Gasteiger partial charge in [0.25, 0.3) is 11.8 Å². The second kappa shape index (κ2) is 9.82. The van der Waals surface area contributed by atoms with Crippen LogP contribution in [0.5, 0.6) is 0 Å². The van der Waals surface area contributed by atoms with E-state index in [1.807, 2.05) is 12.1 Å². The Hall–Kier alpha value is -4.08. The van der Waals surface area contributed by atoms with E-state index in [0.29, 0.717) is 75.4 Å². The monoisotopic (exact) mass is 458 g/mol. The molecule has 0 unspecified atom stereocenters. The Bertz CT molecular complexity index is 1040. The molecule has 2 amide bonds. The zero-order valence-electron chi connectivity index (χ0n) is 18.8. The normalized spacial score (nSPS) is 16.5. The van der Waals surface area contributed by atoms with Crippen molar-refractivity contribution in [3.05, 3.63) is 72.3 Å². The van der Waals surface area contributed by atoms with Crippen LogP contribution in [0.15, 0.2) is 61.2 Å². The van der Waals surface area contributed by atoms with Crippen molar-refractivity contribution in [2.75, 3.05) is 62.2 Å². The van der Waals surface area contributed by atoms with Gasteiger partial charge in [-0.3, -0.25) is 9.59 Å². The van der Waals surface area contributed by atoms with Crippen molar-refractivity contribution in [3.8, 4) is 0 Å². The highest BCUT2D eigenvalue weighted by atomic mass is 16.2. The van der Waals surface area contributed by atoms with Gasteiger partial charge in [-0.05, 0) is 24.3 Å². The van der Waals surface area contributed by atoms with Gasteiger partial charge in [0.05, 0.1) is 11.1 Å². The second-order valence-electron chi connectivity index (χ2n) is 8.20. The van der Waals surface area contributed by atoms with E-state index in [2.05, 4.69) is 29.7 Å². The van der Waals surface area contributed by atoms with Crippen LogP contribution in [0.3, 0.4) is 0 Å². The summed E-state index contributed by atoms with van der Waals surface area (Å²) in [6, 6.07) is 10.7. The molecule has 3 aromatic rings. The maximum Gasteiger partial charge on any atom is 0.254 e. The number of piperazine rings is 2. The summed E-state index contributed by atoms with van der Waals surface area (Å²) >= 11 is 0. The van der Waals surface area contributed by atoms with Gasteiger partial charge < -0.3 is 19.6 Å². The summed E-state index contributed by atoms with van der Waals surface area (Å²) in [5.41, 5.74) is 0.900. The number of benzene rings is 1. The minimum Gasteiger partial charge on any atom is -0.337 e. The standard InChI is InChI=1S/C24H26N8O2/c33-21(29-11-15-31(16-12-29)23-25-7-3-8-26-23)19-5-1-2-6-20(19)22(34)30-13-17-32(18-14-30)24-27-9-4-10-28-24/h1-10H,11-18H2. The fourth-order valence-electron chi connectivity index (χ4n) is 4.32. The van der Waals surface area contributed by atoms with E-state index in [0.717, 1.165) is 0 Å². The zero-order valence-corrected chi connectivity index (χ0v) is 18.8. The number of amides is 2. The highest BCUT2D eigenvalue weighted by Gasteiger charge is 2.29. The van der Waals surface area contributed by atoms with E-state index in [1.54, 1.807) is 58.9 Å². The van der Waals surface area contributed by atoms with Crippen LogP contribution in [0.4, 0.5) is 11.9 Å². The fraction of sp³-hybridized carbons (Fsp3) is 0.333. The van der Waals surface area contributed by atoms with Gasteiger partial charge in [-0.25, -0.2) is 19.9 Å². The van der Waals surface area contributed by atoms with Crippen molar-refractivity contribution in [1.82, 2.24) is 29.7 Å². The molecular weight excluding hydrogens is 432 g/mol. The van der Waals surface area contributed by atoms with Gasteiger partial charge in [0, 0.05) is 77.1 Å². The predicted molar refractivity (Wildman–Crippen MR) is 127 cm³/mol. The SMILES string of the molecule is O=C(c1ccccc1C(=O)N1CCN(c2ncccn2)CC1)N1CCN(c2ncccn2)CC1. The molecule has 2 fully saturated rings. The van der Waals surface area contributed by atoms with E-state index in [-0.39, 0.29) is 11.8 Å². The van der Waals surface area contributed by atoms with Crippen molar-refractivity contribution in [1.29, 1.82) is 0 Å². The van der Waals surface area contributed by atoms with Gasteiger partial charge in [-0.15, -0.1) is 0 Å². The lowest BCUT2D eigenvalue weighted by molar-refractivity contribution is 0.0707. The first kappa shape index (κ1) is 21.7. The van der Waals surface area contributed by atoms with Crippen LogP contribution in [0.1, 0.15) is 20.7 Å². The van der Waals surface area contributed by atoms with Gasteiger partial charge >= 0.3 is 0 Å². The van der Waals surface area contributed by atoms with Gasteiger partial charge in [0.1, 0.15) is 0 Å². The molecule has 0 aliphatic carbocycles. The van der Waals surface area contributed by atoms with Crippen molar-refractivity contribution in [3.63, 3.8) is 0 Å². The Labute approximate surface area is 197 Å². The van der Waals surface area contributed by atoms with Crippen molar-refractivity contribution < 1.29 is 9.59 Å². The highest BCUT2D eigenvalue weighted by molar-refractivity contribution is 6.07. The quantitative estimate of drug-likeness (QED) is 0.575. The van der Waals surface area contributed by atoms with Crippen molar-refractivity contribution >= 4 is 23.7 Å². The van der Waals surface area contributed by atoms with E-state index >= 15 is 0 Å². The maximum atomic E-state index is 13.4. The molecule has 0 saturated carbocycles. The lowest BCUT2D eigenvalue weighted by Crippen LogP contribution is -2.50. The van der Waals surface area contributed by atoms with Gasteiger partial charge in [0.2, 0.25) is 11.9 Å². The molecule has 10 nitrogen and oxygen atoms in total. The largest absolute Gasteiger partial charge is 0.337 e. The number of aromatic nitrogens is 4. The lowest BCUT2D eigenvalue weighted by Gasteiger charge is -2.36. The molecule has 0 bridgehead atoms. The van der Waals surface area contributed by atoms with Crippen LogP contribution in [0, 0.1) is 0 Å². The third-order valence-corrected chi connectivity index (χ3v) is 6.19. The summed E-state index contributed by atoms with van der Waals surface area (Å²) in [6.45, 7) is 4.80. The van der Waals surface area contributed by atoms with Crippen LogP contribution in [0.2, 0.25) is 0 Å². The van der Waals surface area contributed by atoms with Gasteiger partial charge in [-0.2, -0.15) is 0 Å². The Morgan fingerprint density at radius 3 is 1.24 bits per heavy atom. The molecule has 0 atom stereocenters. The number of rotatable bonds is 4. The van der Waals surface area contributed by atoms with Crippen LogP contribution >= 0.6 is 0 Å². The smallest absolute Gasteiger partial charge is 0.254 e. The molecule has 10 heteroatoms.